The Morgan fingerprint density at radius 2 is 2.29 bits per heavy atom. The number of nitrogen functional groups attached to an aromatic ring is 1. The molecule has 0 spiro atoms. The van der Waals surface area contributed by atoms with Crippen molar-refractivity contribution >= 4 is 29.0 Å². The molecule has 1 aliphatic rings. The van der Waals surface area contributed by atoms with Crippen LogP contribution in [0, 0.1) is 10.1 Å². The minimum atomic E-state index is -0.598. The third-order valence-electron chi connectivity index (χ3n) is 3.38. The normalized spacial score (nSPS) is 18.0. The standard InChI is InChI=1S/C13H18N4O3S/c14-16-11-6-3-5-10(12(11)17(19)20)13(18)15-8-9-4-1-2-7-21-9/h3,5-6,9,16H,1-2,4,7-8,14H2,(H,15,18). The molecule has 0 saturated carbocycles. The van der Waals surface area contributed by atoms with Crippen LogP contribution in [0.15, 0.2) is 18.2 Å². The molecular weight excluding hydrogens is 292 g/mol. The van der Waals surface area contributed by atoms with E-state index in [2.05, 4.69) is 10.7 Å². The number of nitro benzene ring substituents is 1. The van der Waals surface area contributed by atoms with E-state index in [1.165, 1.54) is 25.0 Å². The lowest BCUT2D eigenvalue weighted by Crippen LogP contribution is -2.32. The number of carbonyl (C=O) groups excluding carboxylic acids is 1. The van der Waals surface area contributed by atoms with Crippen LogP contribution in [0.1, 0.15) is 29.6 Å². The van der Waals surface area contributed by atoms with Crippen molar-refractivity contribution in [2.45, 2.75) is 24.5 Å². The van der Waals surface area contributed by atoms with Crippen LogP contribution in [0.3, 0.4) is 0 Å². The van der Waals surface area contributed by atoms with Gasteiger partial charge >= 0.3 is 5.69 Å². The lowest BCUT2D eigenvalue weighted by atomic mass is 10.1. The van der Waals surface area contributed by atoms with Gasteiger partial charge in [0.05, 0.1) is 4.92 Å². The molecule has 7 nitrogen and oxygen atoms in total. The molecule has 1 heterocycles. The molecule has 0 aliphatic carbocycles. The van der Waals surface area contributed by atoms with E-state index in [1.807, 2.05) is 11.8 Å². The maximum Gasteiger partial charge on any atom is 0.306 e. The largest absolute Gasteiger partial charge is 0.351 e. The van der Waals surface area contributed by atoms with E-state index in [1.54, 1.807) is 6.07 Å². The zero-order chi connectivity index (χ0) is 15.2. The molecule has 1 aromatic rings. The van der Waals surface area contributed by atoms with Gasteiger partial charge in [-0.15, -0.1) is 0 Å². The highest BCUT2D eigenvalue weighted by atomic mass is 32.2. The molecular formula is C13H18N4O3S. The zero-order valence-electron chi connectivity index (χ0n) is 11.5. The number of carbonyl (C=O) groups is 1. The lowest BCUT2D eigenvalue weighted by Gasteiger charge is -2.21. The fraction of sp³-hybridized carbons (Fsp3) is 0.462. The summed E-state index contributed by atoms with van der Waals surface area (Å²) >= 11 is 1.84. The summed E-state index contributed by atoms with van der Waals surface area (Å²) in [5.41, 5.74) is 2.10. The van der Waals surface area contributed by atoms with Crippen LogP contribution in [0.4, 0.5) is 11.4 Å². The quantitative estimate of drug-likeness (QED) is 0.435. The van der Waals surface area contributed by atoms with Gasteiger partial charge in [-0.25, -0.2) is 0 Å². The van der Waals surface area contributed by atoms with Crippen LogP contribution in [0.25, 0.3) is 0 Å². The molecule has 0 aromatic heterocycles. The van der Waals surface area contributed by atoms with Crippen LogP contribution in [0.2, 0.25) is 0 Å². The molecule has 4 N–H and O–H groups in total. The molecule has 21 heavy (non-hydrogen) atoms. The third kappa shape index (κ3) is 3.85. The topological polar surface area (TPSA) is 110 Å². The van der Waals surface area contributed by atoms with Gasteiger partial charge in [0.25, 0.3) is 5.91 Å². The van der Waals surface area contributed by atoms with E-state index in [-0.39, 0.29) is 16.9 Å². The predicted molar refractivity (Wildman–Crippen MR) is 83.3 cm³/mol. The molecule has 2 rings (SSSR count). The average molecular weight is 310 g/mol. The van der Waals surface area contributed by atoms with Crippen molar-refractivity contribution in [1.82, 2.24) is 5.32 Å². The van der Waals surface area contributed by atoms with E-state index in [4.69, 9.17) is 5.84 Å². The number of rotatable bonds is 5. The van der Waals surface area contributed by atoms with Crippen LogP contribution < -0.4 is 16.6 Å². The van der Waals surface area contributed by atoms with E-state index >= 15 is 0 Å². The van der Waals surface area contributed by atoms with E-state index in [0.717, 1.165) is 12.2 Å². The number of para-hydroxylation sites is 1. The summed E-state index contributed by atoms with van der Waals surface area (Å²) in [7, 11) is 0. The van der Waals surface area contributed by atoms with E-state index < -0.39 is 10.8 Å². The van der Waals surface area contributed by atoms with Gasteiger partial charge in [0.15, 0.2) is 0 Å². The number of nitrogens with zero attached hydrogens (tertiary/aromatic N) is 1. The Morgan fingerprint density at radius 3 is 2.90 bits per heavy atom. The Labute approximate surface area is 126 Å². The van der Waals surface area contributed by atoms with Crippen LogP contribution >= 0.6 is 11.8 Å². The Morgan fingerprint density at radius 1 is 1.48 bits per heavy atom. The van der Waals surface area contributed by atoms with Crippen molar-refractivity contribution in [1.29, 1.82) is 0 Å². The minimum Gasteiger partial charge on any atom is -0.351 e. The highest BCUT2D eigenvalue weighted by Gasteiger charge is 2.24. The third-order valence-corrected chi connectivity index (χ3v) is 4.78. The maximum atomic E-state index is 12.2. The summed E-state index contributed by atoms with van der Waals surface area (Å²) in [6.45, 7) is 0.529. The van der Waals surface area contributed by atoms with E-state index in [9.17, 15) is 14.9 Å². The second-order valence-corrected chi connectivity index (χ2v) is 6.21. The van der Waals surface area contributed by atoms with Crippen molar-refractivity contribution < 1.29 is 9.72 Å². The SMILES string of the molecule is NNc1cccc(C(=O)NCC2CCCCS2)c1[N+](=O)[O-]. The van der Waals surface area contributed by atoms with Gasteiger partial charge in [-0.3, -0.25) is 20.8 Å². The van der Waals surface area contributed by atoms with E-state index in [0.29, 0.717) is 11.8 Å². The van der Waals surface area contributed by atoms with Gasteiger partial charge in [-0.2, -0.15) is 11.8 Å². The van der Waals surface area contributed by atoms with Crippen molar-refractivity contribution in [2.24, 2.45) is 5.84 Å². The molecule has 1 aliphatic heterocycles. The molecule has 1 atom stereocenters. The molecule has 1 fully saturated rings. The average Bonchev–Trinajstić information content (AvgIpc) is 2.52. The molecule has 1 unspecified atom stereocenters. The number of benzene rings is 1. The first-order chi connectivity index (χ1) is 10.1. The highest BCUT2D eigenvalue weighted by Crippen LogP contribution is 2.28. The Kier molecular flexibility index (Phi) is 5.40. The van der Waals surface area contributed by atoms with Crippen molar-refractivity contribution in [3.63, 3.8) is 0 Å². The van der Waals surface area contributed by atoms with Gasteiger partial charge in [-0.05, 0) is 30.7 Å². The predicted octanol–water partition coefficient (Wildman–Crippen LogP) is 1.90. The molecule has 1 saturated heterocycles. The molecule has 0 bridgehead atoms. The smallest absolute Gasteiger partial charge is 0.306 e. The van der Waals surface area contributed by atoms with Gasteiger partial charge in [0.2, 0.25) is 0 Å². The monoisotopic (exact) mass is 310 g/mol. The number of nitrogens with one attached hydrogen (secondary N) is 2. The van der Waals surface area contributed by atoms with Crippen LogP contribution in [0.5, 0.6) is 0 Å². The number of amides is 1. The van der Waals surface area contributed by atoms with Crippen molar-refractivity contribution in [3.05, 3.63) is 33.9 Å². The molecule has 1 aromatic carbocycles. The number of nitrogens with two attached hydrogens (primary N) is 1. The van der Waals surface area contributed by atoms with Gasteiger partial charge in [-0.1, -0.05) is 12.5 Å². The number of hydrogen-bond acceptors (Lipinski definition) is 6. The number of anilines is 1. The summed E-state index contributed by atoms with van der Waals surface area (Å²) in [4.78, 5) is 22.7. The fourth-order valence-corrected chi connectivity index (χ4v) is 3.55. The second kappa shape index (κ2) is 7.28. The summed E-state index contributed by atoms with van der Waals surface area (Å²) in [5.74, 6) is 5.92. The first-order valence-corrected chi connectivity index (χ1v) is 7.82. The Balaban J connectivity index is 2.09. The lowest BCUT2D eigenvalue weighted by molar-refractivity contribution is -0.384. The Hall–Kier alpha value is -1.80. The summed E-state index contributed by atoms with van der Waals surface area (Å²) in [5, 5.41) is 14.3. The number of nitro groups is 1. The van der Waals surface area contributed by atoms with Gasteiger partial charge in [0, 0.05) is 11.8 Å². The zero-order valence-corrected chi connectivity index (χ0v) is 12.3. The summed E-state index contributed by atoms with van der Waals surface area (Å²) in [6.07, 6.45) is 3.45. The molecule has 8 heteroatoms. The fourth-order valence-electron chi connectivity index (χ4n) is 2.31. The highest BCUT2D eigenvalue weighted by molar-refractivity contribution is 7.99. The van der Waals surface area contributed by atoms with Gasteiger partial charge in [0.1, 0.15) is 11.3 Å². The summed E-state index contributed by atoms with van der Waals surface area (Å²) < 4.78 is 0. The first-order valence-electron chi connectivity index (χ1n) is 6.77. The van der Waals surface area contributed by atoms with Gasteiger partial charge < -0.3 is 10.7 Å². The van der Waals surface area contributed by atoms with Crippen molar-refractivity contribution in [2.75, 3.05) is 17.7 Å². The van der Waals surface area contributed by atoms with Crippen LogP contribution in [-0.4, -0.2) is 28.4 Å². The maximum absolute atomic E-state index is 12.2. The number of hydrazine groups is 1. The minimum absolute atomic E-state index is 0.0243. The first kappa shape index (κ1) is 15.6. The number of thioether (sulfide) groups is 1. The molecule has 114 valence electrons. The number of hydrogen-bond donors (Lipinski definition) is 3. The van der Waals surface area contributed by atoms with Crippen molar-refractivity contribution in [3.8, 4) is 0 Å². The molecule has 1 amide bonds. The summed E-state index contributed by atoms with van der Waals surface area (Å²) in [6, 6.07) is 4.46. The molecule has 0 radical (unpaired) electrons. The second-order valence-electron chi connectivity index (χ2n) is 4.80. The Bertz CT molecular complexity index is 532. The van der Waals surface area contributed by atoms with Crippen LogP contribution in [-0.2, 0) is 0 Å².